The van der Waals surface area contributed by atoms with Crippen molar-refractivity contribution >= 4 is 11.8 Å². The van der Waals surface area contributed by atoms with Crippen LogP contribution in [0.5, 0.6) is 0 Å². The van der Waals surface area contributed by atoms with Crippen molar-refractivity contribution in [2.45, 2.75) is 57.4 Å². The van der Waals surface area contributed by atoms with Gasteiger partial charge in [-0.25, -0.2) is 0 Å². The Hall–Kier alpha value is -1.84. The minimum absolute atomic E-state index is 0.0754. The molecule has 1 saturated heterocycles. The summed E-state index contributed by atoms with van der Waals surface area (Å²) in [5, 5.41) is 3.15. The quantitative estimate of drug-likeness (QED) is 0.928. The van der Waals surface area contributed by atoms with Crippen LogP contribution in [0.15, 0.2) is 24.3 Å². The highest BCUT2D eigenvalue weighted by molar-refractivity contribution is 5.79. The molecule has 124 valence electrons. The second kappa shape index (κ2) is 7.62. The number of fused-ring (bicyclic) bond motifs is 1. The van der Waals surface area contributed by atoms with E-state index in [1.54, 1.807) is 0 Å². The fourth-order valence-electron chi connectivity index (χ4n) is 3.63. The van der Waals surface area contributed by atoms with E-state index in [1.807, 2.05) is 4.90 Å². The van der Waals surface area contributed by atoms with Gasteiger partial charge < -0.3 is 10.2 Å². The van der Waals surface area contributed by atoms with Gasteiger partial charge in [-0.2, -0.15) is 0 Å². The number of rotatable bonds is 4. The highest BCUT2D eigenvalue weighted by atomic mass is 16.2. The summed E-state index contributed by atoms with van der Waals surface area (Å²) in [6, 6.07) is 8.71. The maximum Gasteiger partial charge on any atom is 0.222 e. The molecule has 2 amide bonds. The first-order valence-corrected chi connectivity index (χ1v) is 8.86. The van der Waals surface area contributed by atoms with Crippen LogP contribution in [0, 0.1) is 0 Å². The average molecular weight is 314 g/mol. The zero-order valence-corrected chi connectivity index (χ0v) is 13.7. The smallest absolute Gasteiger partial charge is 0.222 e. The summed E-state index contributed by atoms with van der Waals surface area (Å²) in [6.45, 7) is 1.37. The lowest BCUT2D eigenvalue weighted by Gasteiger charge is -2.26. The summed E-state index contributed by atoms with van der Waals surface area (Å²) < 4.78 is 0. The Morgan fingerprint density at radius 2 is 1.96 bits per heavy atom. The molecule has 4 nitrogen and oxygen atoms in total. The lowest BCUT2D eigenvalue weighted by molar-refractivity contribution is -0.131. The molecule has 1 aromatic rings. The number of hydrogen-bond acceptors (Lipinski definition) is 2. The summed E-state index contributed by atoms with van der Waals surface area (Å²) in [5.74, 6) is 0.285. The fraction of sp³-hybridized carbons (Fsp3) is 0.579. The van der Waals surface area contributed by atoms with Crippen LogP contribution in [0.4, 0.5) is 0 Å². The van der Waals surface area contributed by atoms with E-state index in [0.717, 1.165) is 45.1 Å². The van der Waals surface area contributed by atoms with Gasteiger partial charge in [-0.3, -0.25) is 9.59 Å². The Balaban J connectivity index is 1.46. The van der Waals surface area contributed by atoms with Crippen molar-refractivity contribution in [3.63, 3.8) is 0 Å². The van der Waals surface area contributed by atoms with Crippen LogP contribution in [0.25, 0.3) is 0 Å². The van der Waals surface area contributed by atoms with E-state index < -0.39 is 0 Å². The lowest BCUT2D eigenvalue weighted by atomic mass is 9.88. The molecule has 0 saturated carbocycles. The Kier molecular flexibility index (Phi) is 5.31. The van der Waals surface area contributed by atoms with E-state index in [-0.39, 0.29) is 17.9 Å². The molecular formula is C19H26N2O2. The normalized spacial score (nSPS) is 21.5. The molecule has 0 bridgehead atoms. The van der Waals surface area contributed by atoms with Gasteiger partial charge in [-0.05, 0) is 43.2 Å². The van der Waals surface area contributed by atoms with Gasteiger partial charge in [-0.1, -0.05) is 30.7 Å². The Morgan fingerprint density at radius 1 is 1.13 bits per heavy atom. The first-order chi connectivity index (χ1) is 11.2. The van der Waals surface area contributed by atoms with Crippen molar-refractivity contribution in [1.82, 2.24) is 10.2 Å². The van der Waals surface area contributed by atoms with Gasteiger partial charge in [0.2, 0.25) is 11.8 Å². The van der Waals surface area contributed by atoms with Gasteiger partial charge in [0.1, 0.15) is 0 Å². The molecule has 1 heterocycles. The van der Waals surface area contributed by atoms with Gasteiger partial charge >= 0.3 is 0 Å². The van der Waals surface area contributed by atoms with E-state index >= 15 is 0 Å². The molecule has 0 spiro atoms. The van der Waals surface area contributed by atoms with Crippen LogP contribution < -0.4 is 5.32 Å². The molecule has 1 N–H and O–H groups in total. The molecule has 3 rings (SSSR count). The molecule has 1 aliphatic carbocycles. The number of nitrogens with zero attached hydrogens (tertiary/aromatic N) is 1. The van der Waals surface area contributed by atoms with Crippen LogP contribution in [-0.4, -0.2) is 35.8 Å². The van der Waals surface area contributed by atoms with E-state index in [2.05, 4.69) is 29.6 Å². The first-order valence-electron chi connectivity index (χ1n) is 8.86. The molecule has 0 radical (unpaired) electrons. The topological polar surface area (TPSA) is 49.4 Å². The number of carbonyl (C=O) groups is 2. The van der Waals surface area contributed by atoms with Crippen molar-refractivity contribution in [2.75, 3.05) is 13.1 Å². The standard InChI is InChI=1S/C19H26N2O2/c22-18(11-13-21-12-5-1-2-8-19(21)23)20-17-10-9-15-6-3-4-7-16(15)14-17/h3-4,6-7,17H,1-2,5,8-14H2,(H,20,22)/t17-/m0/s1. The maximum atomic E-state index is 12.2. The number of amides is 2. The molecule has 0 aromatic heterocycles. The zero-order valence-electron chi connectivity index (χ0n) is 13.7. The molecule has 2 aliphatic rings. The predicted molar refractivity (Wildman–Crippen MR) is 90.1 cm³/mol. The highest BCUT2D eigenvalue weighted by Crippen LogP contribution is 2.21. The third-order valence-corrected chi connectivity index (χ3v) is 4.99. The summed E-state index contributed by atoms with van der Waals surface area (Å²) in [5.41, 5.74) is 2.76. The monoisotopic (exact) mass is 314 g/mol. The summed E-state index contributed by atoms with van der Waals surface area (Å²) >= 11 is 0. The van der Waals surface area contributed by atoms with Crippen LogP contribution >= 0.6 is 0 Å². The molecule has 1 aromatic carbocycles. The van der Waals surface area contributed by atoms with E-state index in [4.69, 9.17) is 0 Å². The van der Waals surface area contributed by atoms with Crippen molar-refractivity contribution in [3.8, 4) is 0 Å². The van der Waals surface area contributed by atoms with Gasteiger partial charge in [0, 0.05) is 32.0 Å². The summed E-state index contributed by atoms with van der Waals surface area (Å²) in [6.07, 6.45) is 7.19. The van der Waals surface area contributed by atoms with Gasteiger partial charge in [0.25, 0.3) is 0 Å². The number of likely N-dealkylation sites (tertiary alicyclic amines) is 1. The Bertz CT molecular complexity index is 570. The number of aryl methyl sites for hydroxylation is 1. The number of nitrogens with one attached hydrogen (secondary N) is 1. The minimum Gasteiger partial charge on any atom is -0.353 e. The molecule has 4 heteroatoms. The first kappa shape index (κ1) is 16.0. The largest absolute Gasteiger partial charge is 0.353 e. The molecule has 23 heavy (non-hydrogen) atoms. The molecule has 1 atom stereocenters. The van der Waals surface area contributed by atoms with Crippen molar-refractivity contribution in [2.24, 2.45) is 0 Å². The Morgan fingerprint density at radius 3 is 2.83 bits per heavy atom. The second-order valence-electron chi connectivity index (χ2n) is 6.72. The van der Waals surface area contributed by atoms with E-state index in [9.17, 15) is 9.59 Å². The summed E-state index contributed by atoms with van der Waals surface area (Å²) in [7, 11) is 0. The summed E-state index contributed by atoms with van der Waals surface area (Å²) in [4.78, 5) is 26.0. The lowest BCUT2D eigenvalue weighted by Crippen LogP contribution is -2.41. The van der Waals surface area contributed by atoms with Crippen molar-refractivity contribution in [3.05, 3.63) is 35.4 Å². The number of benzene rings is 1. The minimum atomic E-state index is 0.0754. The van der Waals surface area contributed by atoms with Crippen LogP contribution in [0.2, 0.25) is 0 Å². The third kappa shape index (κ3) is 4.34. The average Bonchev–Trinajstić information content (AvgIpc) is 2.77. The van der Waals surface area contributed by atoms with Crippen molar-refractivity contribution in [1.29, 1.82) is 0 Å². The third-order valence-electron chi connectivity index (χ3n) is 4.99. The molecule has 1 aliphatic heterocycles. The van der Waals surface area contributed by atoms with E-state index in [0.29, 0.717) is 19.4 Å². The van der Waals surface area contributed by atoms with Gasteiger partial charge in [-0.15, -0.1) is 0 Å². The fourth-order valence-corrected chi connectivity index (χ4v) is 3.63. The van der Waals surface area contributed by atoms with Gasteiger partial charge in [0.05, 0.1) is 0 Å². The number of hydrogen-bond donors (Lipinski definition) is 1. The van der Waals surface area contributed by atoms with Crippen LogP contribution in [0.1, 0.15) is 49.7 Å². The van der Waals surface area contributed by atoms with E-state index in [1.165, 1.54) is 11.1 Å². The molecular weight excluding hydrogens is 288 g/mol. The highest BCUT2D eigenvalue weighted by Gasteiger charge is 2.21. The second-order valence-corrected chi connectivity index (χ2v) is 6.72. The SMILES string of the molecule is O=C(CCN1CCCCCC1=O)N[C@H]1CCc2ccccc2C1. The van der Waals surface area contributed by atoms with Crippen LogP contribution in [-0.2, 0) is 22.4 Å². The maximum absolute atomic E-state index is 12.2. The predicted octanol–water partition coefficient (Wildman–Crippen LogP) is 2.45. The van der Waals surface area contributed by atoms with Crippen LogP contribution in [0.3, 0.4) is 0 Å². The molecule has 1 fully saturated rings. The zero-order chi connectivity index (χ0) is 16.1. The molecule has 0 unspecified atom stereocenters. The number of carbonyl (C=O) groups excluding carboxylic acids is 2. The Labute approximate surface area is 138 Å². The van der Waals surface area contributed by atoms with Gasteiger partial charge in [0.15, 0.2) is 0 Å². The van der Waals surface area contributed by atoms with Crippen molar-refractivity contribution < 1.29 is 9.59 Å².